The lowest BCUT2D eigenvalue weighted by molar-refractivity contribution is 0.0943. The molecule has 14 heavy (non-hydrogen) atoms. The minimum atomic E-state index is -0.0312. The van der Waals surface area contributed by atoms with Gasteiger partial charge in [-0.25, -0.2) is 0 Å². The molecule has 78 valence electrons. The van der Waals surface area contributed by atoms with Crippen molar-refractivity contribution in [3.8, 4) is 0 Å². The third-order valence-electron chi connectivity index (χ3n) is 1.51. The van der Waals surface area contributed by atoms with E-state index in [2.05, 4.69) is 21.2 Å². The van der Waals surface area contributed by atoms with E-state index in [4.69, 9.17) is 0 Å². The lowest BCUT2D eigenvalue weighted by Gasteiger charge is -2.07. The van der Waals surface area contributed by atoms with Crippen LogP contribution in [-0.4, -0.2) is 11.9 Å². The Kier molecular flexibility index (Phi) is 5.88. The van der Waals surface area contributed by atoms with Gasteiger partial charge in [-0.05, 0) is 32.0 Å². The number of rotatable bonds is 2. The fourth-order valence-corrected chi connectivity index (χ4v) is 1.37. The summed E-state index contributed by atoms with van der Waals surface area (Å²) in [4.78, 5) is 11.5. The Bertz CT molecular complexity index is 315. The Labute approximate surface area is 99.7 Å². The van der Waals surface area contributed by atoms with Crippen LogP contribution < -0.4 is 5.32 Å². The number of benzene rings is 1. The fourth-order valence-electron chi connectivity index (χ4n) is 0.975. The zero-order valence-electron chi connectivity index (χ0n) is 8.17. The Morgan fingerprint density at radius 3 is 2.57 bits per heavy atom. The van der Waals surface area contributed by atoms with E-state index in [1.54, 1.807) is 12.1 Å². The highest BCUT2D eigenvalue weighted by Crippen LogP contribution is 2.11. The Morgan fingerprint density at radius 1 is 1.43 bits per heavy atom. The van der Waals surface area contributed by atoms with Crippen LogP contribution in [0, 0.1) is 0 Å². The van der Waals surface area contributed by atoms with E-state index in [0.717, 1.165) is 4.47 Å². The van der Waals surface area contributed by atoms with Crippen molar-refractivity contribution in [3.05, 3.63) is 34.3 Å². The van der Waals surface area contributed by atoms with Gasteiger partial charge in [0.05, 0.1) is 0 Å². The highest BCUT2D eigenvalue weighted by molar-refractivity contribution is 9.10. The van der Waals surface area contributed by atoms with Crippen LogP contribution in [0.5, 0.6) is 0 Å². The standard InChI is InChI=1S/C10H12BrNO.H2S/c1-7(2)12-10(13)8-4-3-5-9(11)6-8;/h3-7H,1-2H3,(H,12,13);1H2. The summed E-state index contributed by atoms with van der Waals surface area (Å²) in [6.07, 6.45) is 0. The average molecular weight is 276 g/mol. The number of carbonyl (C=O) groups excluding carboxylic acids is 1. The average Bonchev–Trinajstić information content (AvgIpc) is 2.03. The Morgan fingerprint density at radius 2 is 2.07 bits per heavy atom. The molecule has 0 bridgehead atoms. The highest BCUT2D eigenvalue weighted by Gasteiger charge is 2.05. The highest BCUT2D eigenvalue weighted by atomic mass is 79.9. The maximum atomic E-state index is 11.5. The van der Waals surface area contributed by atoms with E-state index in [0.29, 0.717) is 5.56 Å². The molecular weight excluding hydrogens is 262 g/mol. The number of hydrogen-bond acceptors (Lipinski definition) is 1. The van der Waals surface area contributed by atoms with Crippen LogP contribution in [0.1, 0.15) is 24.2 Å². The topological polar surface area (TPSA) is 29.1 Å². The quantitative estimate of drug-likeness (QED) is 0.884. The molecule has 0 heterocycles. The number of halogens is 1. The van der Waals surface area contributed by atoms with E-state index in [1.807, 2.05) is 26.0 Å². The van der Waals surface area contributed by atoms with Crippen LogP contribution in [0.15, 0.2) is 28.7 Å². The number of carbonyl (C=O) groups is 1. The molecule has 1 N–H and O–H groups in total. The molecule has 0 spiro atoms. The van der Waals surface area contributed by atoms with E-state index in [1.165, 1.54) is 0 Å². The molecule has 1 amide bonds. The number of nitrogens with one attached hydrogen (secondary N) is 1. The van der Waals surface area contributed by atoms with E-state index >= 15 is 0 Å². The third kappa shape index (κ3) is 4.15. The molecule has 0 atom stereocenters. The van der Waals surface area contributed by atoms with Crippen LogP contribution in [0.2, 0.25) is 0 Å². The first kappa shape index (κ1) is 13.5. The van der Waals surface area contributed by atoms with Crippen LogP contribution in [-0.2, 0) is 0 Å². The predicted octanol–water partition coefficient (Wildman–Crippen LogP) is 2.70. The van der Waals surface area contributed by atoms with Crippen molar-refractivity contribution in [2.24, 2.45) is 0 Å². The van der Waals surface area contributed by atoms with Crippen LogP contribution in [0.25, 0.3) is 0 Å². The van der Waals surface area contributed by atoms with Crippen molar-refractivity contribution in [3.63, 3.8) is 0 Å². The minimum absolute atomic E-state index is 0. The summed E-state index contributed by atoms with van der Waals surface area (Å²) in [7, 11) is 0. The molecule has 1 aromatic rings. The summed E-state index contributed by atoms with van der Waals surface area (Å²) in [5, 5.41) is 2.83. The van der Waals surface area contributed by atoms with Gasteiger partial charge < -0.3 is 5.32 Å². The van der Waals surface area contributed by atoms with E-state index in [9.17, 15) is 4.79 Å². The molecule has 0 radical (unpaired) electrons. The normalized spacial score (nSPS) is 9.43. The summed E-state index contributed by atoms with van der Waals surface area (Å²) < 4.78 is 0.920. The zero-order valence-corrected chi connectivity index (χ0v) is 10.8. The maximum Gasteiger partial charge on any atom is 0.251 e. The van der Waals surface area contributed by atoms with Crippen molar-refractivity contribution in [2.45, 2.75) is 19.9 Å². The monoisotopic (exact) mass is 275 g/mol. The van der Waals surface area contributed by atoms with Gasteiger partial charge in [-0.15, -0.1) is 0 Å². The summed E-state index contributed by atoms with van der Waals surface area (Å²) in [5.74, 6) is -0.0312. The first-order valence-corrected chi connectivity index (χ1v) is 4.95. The van der Waals surface area contributed by atoms with E-state index < -0.39 is 0 Å². The largest absolute Gasteiger partial charge is 0.350 e. The summed E-state index contributed by atoms with van der Waals surface area (Å²) in [6, 6.07) is 7.51. The molecule has 0 aliphatic carbocycles. The van der Waals surface area contributed by atoms with Crippen LogP contribution >= 0.6 is 29.4 Å². The molecule has 0 aliphatic heterocycles. The second-order valence-corrected chi connectivity index (χ2v) is 4.05. The third-order valence-corrected chi connectivity index (χ3v) is 2.00. The molecule has 1 aromatic carbocycles. The number of hydrogen-bond donors (Lipinski definition) is 1. The van der Waals surface area contributed by atoms with Gasteiger partial charge in [0.15, 0.2) is 0 Å². The van der Waals surface area contributed by atoms with Gasteiger partial charge in [0.2, 0.25) is 0 Å². The van der Waals surface area contributed by atoms with Crippen molar-refractivity contribution in [1.82, 2.24) is 5.32 Å². The molecule has 4 heteroatoms. The SMILES string of the molecule is CC(C)NC(=O)c1cccc(Br)c1.S. The van der Waals surface area contributed by atoms with Gasteiger partial charge in [0.25, 0.3) is 5.91 Å². The van der Waals surface area contributed by atoms with Crippen molar-refractivity contribution in [1.29, 1.82) is 0 Å². The van der Waals surface area contributed by atoms with E-state index in [-0.39, 0.29) is 25.4 Å². The molecule has 0 fully saturated rings. The Balaban J connectivity index is 0.00000169. The van der Waals surface area contributed by atoms with Crippen molar-refractivity contribution in [2.75, 3.05) is 0 Å². The Hall–Kier alpha value is -0.480. The molecular formula is C10H14BrNOS. The summed E-state index contributed by atoms with van der Waals surface area (Å²) in [6.45, 7) is 3.88. The van der Waals surface area contributed by atoms with Crippen LogP contribution in [0.4, 0.5) is 0 Å². The van der Waals surface area contributed by atoms with Crippen molar-refractivity contribution < 1.29 is 4.79 Å². The molecule has 2 nitrogen and oxygen atoms in total. The molecule has 0 aliphatic rings. The van der Waals surface area contributed by atoms with Gasteiger partial charge in [0.1, 0.15) is 0 Å². The van der Waals surface area contributed by atoms with Gasteiger partial charge in [-0.3, -0.25) is 4.79 Å². The van der Waals surface area contributed by atoms with Crippen molar-refractivity contribution >= 4 is 35.3 Å². The van der Waals surface area contributed by atoms with Gasteiger partial charge in [0, 0.05) is 16.1 Å². The van der Waals surface area contributed by atoms with Gasteiger partial charge in [-0.1, -0.05) is 22.0 Å². The van der Waals surface area contributed by atoms with Crippen LogP contribution in [0.3, 0.4) is 0 Å². The first-order valence-electron chi connectivity index (χ1n) is 4.16. The lowest BCUT2D eigenvalue weighted by Crippen LogP contribution is -2.29. The van der Waals surface area contributed by atoms with Gasteiger partial charge in [-0.2, -0.15) is 13.5 Å². The zero-order chi connectivity index (χ0) is 9.84. The van der Waals surface area contributed by atoms with Gasteiger partial charge >= 0.3 is 0 Å². The fraction of sp³-hybridized carbons (Fsp3) is 0.300. The maximum absolute atomic E-state index is 11.5. The number of amides is 1. The molecule has 0 saturated heterocycles. The lowest BCUT2D eigenvalue weighted by atomic mass is 10.2. The second-order valence-electron chi connectivity index (χ2n) is 3.14. The molecule has 0 saturated carbocycles. The first-order chi connectivity index (χ1) is 6.09. The predicted molar refractivity (Wildman–Crippen MR) is 67.1 cm³/mol. The molecule has 1 rings (SSSR count). The summed E-state index contributed by atoms with van der Waals surface area (Å²) in [5.41, 5.74) is 0.683. The molecule has 0 aromatic heterocycles. The smallest absolute Gasteiger partial charge is 0.251 e. The summed E-state index contributed by atoms with van der Waals surface area (Å²) >= 11 is 3.32. The minimum Gasteiger partial charge on any atom is -0.350 e. The molecule has 0 unspecified atom stereocenters. The second kappa shape index (κ2) is 6.09.